The van der Waals surface area contributed by atoms with Crippen LogP contribution in [0.3, 0.4) is 0 Å². The van der Waals surface area contributed by atoms with Gasteiger partial charge < -0.3 is 9.73 Å². The van der Waals surface area contributed by atoms with Crippen LogP contribution < -0.4 is 5.32 Å². The van der Waals surface area contributed by atoms with Gasteiger partial charge in [-0.05, 0) is 43.5 Å². The molecule has 1 aromatic heterocycles. The quantitative estimate of drug-likeness (QED) is 0.842. The van der Waals surface area contributed by atoms with Crippen molar-refractivity contribution in [2.45, 2.75) is 26.3 Å². The summed E-state index contributed by atoms with van der Waals surface area (Å²) in [5.74, 6) is 1.36. The van der Waals surface area contributed by atoms with Crippen LogP contribution in [0.2, 0.25) is 5.02 Å². The number of rotatable bonds is 1. The van der Waals surface area contributed by atoms with Crippen molar-refractivity contribution in [2.24, 2.45) is 5.92 Å². The molecule has 1 aliphatic rings. The number of benzene rings is 1. The molecular weight excluding hydrogens is 236 g/mol. The van der Waals surface area contributed by atoms with Crippen molar-refractivity contribution >= 4 is 22.7 Å². The summed E-state index contributed by atoms with van der Waals surface area (Å²) in [5.41, 5.74) is 2.74. The Hall–Kier alpha value is -1.06. The van der Waals surface area contributed by atoms with E-state index in [9.17, 15) is 0 Å². The monoisotopic (exact) mass is 250 g/mol. The first kappa shape index (κ1) is 11.1. The number of halogens is 1. The lowest BCUT2D eigenvalue weighted by Crippen LogP contribution is -2.16. The zero-order valence-corrected chi connectivity index (χ0v) is 10.7. The minimum absolute atomic E-state index is 0.237. The smallest absolute Gasteiger partial charge is 0.212 e. The van der Waals surface area contributed by atoms with Gasteiger partial charge in [-0.1, -0.05) is 18.5 Å². The molecule has 1 aromatic carbocycles. The third-order valence-electron chi connectivity index (χ3n) is 3.46. The predicted octanol–water partition coefficient (Wildman–Crippen LogP) is 3.46. The minimum Gasteiger partial charge on any atom is -0.439 e. The molecule has 0 aliphatic carbocycles. The van der Waals surface area contributed by atoms with E-state index < -0.39 is 0 Å². The molecule has 3 rings (SSSR count). The Kier molecular flexibility index (Phi) is 2.60. The number of hydrogen-bond acceptors (Lipinski definition) is 3. The summed E-state index contributed by atoms with van der Waals surface area (Å²) in [6.07, 6.45) is 1.17. The van der Waals surface area contributed by atoms with E-state index in [1.165, 1.54) is 6.42 Å². The zero-order chi connectivity index (χ0) is 12.0. The van der Waals surface area contributed by atoms with Gasteiger partial charge in [-0.15, -0.1) is 0 Å². The van der Waals surface area contributed by atoms with E-state index in [2.05, 4.69) is 17.2 Å². The summed E-state index contributed by atoms with van der Waals surface area (Å²) < 4.78 is 5.88. The molecule has 0 bridgehead atoms. The molecule has 0 spiro atoms. The number of oxazole rings is 1. The Morgan fingerprint density at radius 3 is 3.00 bits per heavy atom. The van der Waals surface area contributed by atoms with Gasteiger partial charge >= 0.3 is 0 Å². The maximum atomic E-state index is 6.02. The lowest BCUT2D eigenvalue weighted by molar-refractivity contribution is 0.393. The molecule has 1 N–H and O–H groups in total. The number of fused-ring (bicyclic) bond motifs is 1. The second-order valence-electron chi connectivity index (χ2n) is 4.82. The summed E-state index contributed by atoms with van der Waals surface area (Å²) in [7, 11) is 0. The average Bonchev–Trinajstić information content (AvgIpc) is 2.83. The molecule has 2 heterocycles. The van der Waals surface area contributed by atoms with Crippen LogP contribution in [0, 0.1) is 12.8 Å². The third kappa shape index (κ3) is 1.83. The molecule has 2 atom stereocenters. The first-order chi connectivity index (χ1) is 8.15. The van der Waals surface area contributed by atoms with Crippen LogP contribution in [-0.2, 0) is 0 Å². The van der Waals surface area contributed by atoms with Crippen LogP contribution in [0.4, 0.5) is 0 Å². The maximum absolute atomic E-state index is 6.02. The third-order valence-corrected chi connectivity index (χ3v) is 3.67. The zero-order valence-electron chi connectivity index (χ0n) is 9.96. The van der Waals surface area contributed by atoms with E-state index in [4.69, 9.17) is 16.0 Å². The second kappa shape index (κ2) is 4.00. The van der Waals surface area contributed by atoms with Gasteiger partial charge in [0, 0.05) is 5.02 Å². The second-order valence-corrected chi connectivity index (χ2v) is 5.26. The summed E-state index contributed by atoms with van der Waals surface area (Å²) in [5, 5.41) is 4.14. The molecule has 0 radical (unpaired) electrons. The Bertz CT molecular complexity index is 564. The van der Waals surface area contributed by atoms with Crippen LogP contribution in [0.1, 0.15) is 30.8 Å². The van der Waals surface area contributed by atoms with Gasteiger partial charge in [-0.2, -0.15) is 0 Å². The van der Waals surface area contributed by atoms with Crippen LogP contribution in [0.5, 0.6) is 0 Å². The van der Waals surface area contributed by atoms with E-state index in [0.717, 1.165) is 29.1 Å². The molecule has 1 fully saturated rings. The highest BCUT2D eigenvalue weighted by atomic mass is 35.5. The van der Waals surface area contributed by atoms with Crippen LogP contribution in [-0.4, -0.2) is 11.5 Å². The van der Waals surface area contributed by atoms with Gasteiger partial charge in [-0.25, -0.2) is 4.98 Å². The van der Waals surface area contributed by atoms with Crippen molar-refractivity contribution in [2.75, 3.05) is 6.54 Å². The van der Waals surface area contributed by atoms with Crippen molar-refractivity contribution in [3.05, 3.63) is 28.6 Å². The highest BCUT2D eigenvalue weighted by Crippen LogP contribution is 2.32. The van der Waals surface area contributed by atoms with E-state index in [1.807, 2.05) is 19.1 Å². The minimum atomic E-state index is 0.237. The van der Waals surface area contributed by atoms with Crippen LogP contribution in [0.25, 0.3) is 11.1 Å². The Labute approximate surface area is 105 Å². The largest absolute Gasteiger partial charge is 0.439 e. The summed E-state index contributed by atoms with van der Waals surface area (Å²) in [4.78, 5) is 4.55. The van der Waals surface area contributed by atoms with Gasteiger partial charge in [0.25, 0.3) is 0 Å². The van der Waals surface area contributed by atoms with E-state index >= 15 is 0 Å². The van der Waals surface area contributed by atoms with Crippen molar-refractivity contribution in [1.82, 2.24) is 10.3 Å². The number of aryl methyl sites for hydroxylation is 1. The van der Waals surface area contributed by atoms with E-state index in [0.29, 0.717) is 10.9 Å². The van der Waals surface area contributed by atoms with Crippen LogP contribution in [0.15, 0.2) is 16.5 Å². The molecule has 3 nitrogen and oxygen atoms in total. The van der Waals surface area contributed by atoms with E-state index in [-0.39, 0.29) is 6.04 Å². The fraction of sp³-hybridized carbons (Fsp3) is 0.462. The van der Waals surface area contributed by atoms with Gasteiger partial charge in [0.05, 0.1) is 6.04 Å². The van der Waals surface area contributed by atoms with Gasteiger partial charge in [0.2, 0.25) is 5.89 Å². The van der Waals surface area contributed by atoms with Gasteiger partial charge in [-0.3, -0.25) is 0 Å². The first-order valence-electron chi connectivity index (χ1n) is 5.95. The van der Waals surface area contributed by atoms with Gasteiger partial charge in [0.15, 0.2) is 5.58 Å². The van der Waals surface area contributed by atoms with Crippen molar-refractivity contribution in [3.63, 3.8) is 0 Å². The molecule has 0 saturated carbocycles. The number of nitrogens with zero attached hydrogens (tertiary/aromatic N) is 1. The number of nitrogens with one attached hydrogen (secondary N) is 1. The molecule has 0 amide bonds. The number of aromatic nitrogens is 1. The van der Waals surface area contributed by atoms with Crippen LogP contribution >= 0.6 is 11.6 Å². The fourth-order valence-electron chi connectivity index (χ4n) is 2.47. The van der Waals surface area contributed by atoms with E-state index in [1.54, 1.807) is 0 Å². The molecule has 90 valence electrons. The molecule has 2 aromatic rings. The topological polar surface area (TPSA) is 38.1 Å². The van der Waals surface area contributed by atoms with Crippen molar-refractivity contribution in [1.29, 1.82) is 0 Å². The maximum Gasteiger partial charge on any atom is 0.212 e. The number of hydrogen-bond donors (Lipinski definition) is 1. The van der Waals surface area contributed by atoms with Crippen molar-refractivity contribution in [3.8, 4) is 0 Å². The highest BCUT2D eigenvalue weighted by molar-refractivity contribution is 6.31. The summed E-state index contributed by atoms with van der Waals surface area (Å²) in [6, 6.07) is 4.00. The summed E-state index contributed by atoms with van der Waals surface area (Å²) in [6.45, 7) is 5.25. The summed E-state index contributed by atoms with van der Waals surface area (Å²) >= 11 is 6.02. The predicted molar refractivity (Wildman–Crippen MR) is 68.3 cm³/mol. The molecule has 1 aliphatic heterocycles. The SMILES string of the molecule is Cc1cc(Cl)cc2nc(C3NCCC3C)oc12. The average molecular weight is 251 g/mol. The fourth-order valence-corrected chi connectivity index (χ4v) is 2.74. The molecule has 4 heteroatoms. The first-order valence-corrected chi connectivity index (χ1v) is 6.33. The lowest BCUT2D eigenvalue weighted by atomic mass is 10.0. The molecular formula is C13H15ClN2O. The molecule has 2 unspecified atom stereocenters. The normalized spacial score (nSPS) is 24.6. The Morgan fingerprint density at radius 1 is 1.47 bits per heavy atom. The van der Waals surface area contributed by atoms with Crippen molar-refractivity contribution < 1.29 is 4.42 Å². The lowest BCUT2D eigenvalue weighted by Gasteiger charge is -2.10. The Morgan fingerprint density at radius 2 is 2.29 bits per heavy atom. The molecule has 17 heavy (non-hydrogen) atoms. The standard InChI is InChI=1S/C13H15ClN2O/c1-7-3-4-15-11(7)13-16-10-6-9(14)5-8(2)12(10)17-13/h5-7,11,15H,3-4H2,1-2H3. The molecule has 1 saturated heterocycles. The highest BCUT2D eigenvalue weighted by Gasteiger charge is 2.28. The Balaban J connectivity index is 2.10. The van der Waals surface area contributed by atoms with Gasteiger partial charge in [0.1, 0.15) is 5.52 Å².